The Balaban J connectivity index is 3.48. The lowest BCUT2D eigenvalue weighted by Gasteiger charge is -2.07. The molecule has 0 aliphatic heterocycles. The Morgan fingerprint density at radius 1 is 1.50 bits per heavy atom. The Labute approximate surface area is 95.1 Å². The molecule has 0 unspecified atom stereocenters. The molecule has 0 aromatic carbocycles. The zero-order valence-electron chi connectivity index (χ0n) is 9.57. The second-order valence-corrected chi connectivity index (χ2v) is 3.36. The second kappa shape index (κ2) is 9.11. The van der Waals surface area contributed by atoms with Gasteiger partial charge in [-0.3, -0.25) is 9.59 Å². The van der Waals surface area contributed by atoms with Crippen molar-refractivity contribution in [1.82, 2.24) is 5.32 Å². The van der Waals surface area contributed by atoms with Gasteiger partial charge in [0.1, 0.15) is 6.54 Å². The van der Waals surface area contributed by atoms with E-state index in [1.54, 1.807) is 6.92 Å². The number of carbonyl (C=O) groups is 2. The van der Waals surface area contributed by atoms with Gasteiger partial charge in [0.2, 0.25) is 5.91 Å². The number of esters is 1. The molecule has 0 heterocycles. The summed E-state index contributed by atoms with van der Waals surface area (Å²) >= 11 is 0. The Kier molecular flexibility index (Phi) is 8.46. The number of hydrogen-bond donors (Lipinski definition) is 3. The second-order valence-electron chi connectivity index (χ2n) is 3.36. The topological polar surface area (TPSA) is 102 Å². The predicted octanol–water partition coefficient (Wildman–Crippen LogP) is -0.844. The summed E-state index contributed by atoms with van der Waals surface area (Å²) in [4.78, 5) is 22.1. The molecule has 0 rings (SSSR count). The van der Waals surface area contributed by atoms with Crippen molar-refractivity contribution in [2.45, 2.75) is 32.3 Å². The van der Waals surface area contributed by atoms with Crippen molar-refractivity contribution in [2.75, 3.05) is 19.7 Å². The molecule has 1 amide bonds. The number of aliphatic hydroxyl groups is 1. The molecule has 0 fully saturated rings. The maximum absolute atomic E-state index is 11.2. The van der Waals surface area contributed by atoms with Gasteiger partial charge in [-0.25, -0.2) is 0 Å². The number of rotatable bonds is 8. The van der Waals surface area contributed by atoms with E-state index in [2.05, 4.69) is 10.1 Å². The summed E-state index contributed by atoms with van der Waals surface area (Å²) in [6.07, 6.45) is 0.755. The molecule has 4 N–H and O–H groups in total. The third kappa shape index (κ3) is 8.19. The van der Waals surface area contributed by atoms with Gasteiger partial charge in [0.25, 0.3) is 0 Å². The molecular weight excluding hydrogens is 212 g/mol. The van der Waals surface area contributed by atoms with Crippen molar-refractivity contribution >= 4 is 11.9 Å². The van der Waals surface area contributed by atoms with Crippen LogP contribution in [0, 0.1) is 0 Å². The minimum absolute atomic E-state index is 0.105. The van der Waals surface area contributed by atoms with E-state index in [0.717, 1.165) is 0 Å². The van der Waals surface area contributed by atoms with Gasteiger partial charge < -0.3 is 20.9 Å². The highest BCUT2D eigenvalue weighted by molar-refractivity contribution is 5.81. The third-order valence-corrected chi connectivity index (χ3v) is 1.95. The Hall–Kier alpha value is -1.14. The minimum Gasteiger partial charge on any atom is -0.465 e. The van der Waals surface area contributed by atoms with Gasteiger partial charge in [-0.1, -0.05) is 0 Å². The number of aliphatic hydroxyl groups excluding tert-OH is 1. The first-order chi connectivity index (χ1) is 7.60. The van der Waals surface area contributed by atoms with E-state index in [4.69, 9.17) is 10.8 Å². The van der Waals surface area contributed by atoms with Gasteiger partial charge in [0, 0.05) is 13.0 Å². The van der Waals surface area contributed by atoms with E-state index < -0.39 is 12.1 Å². The fourth-order valence-corrected chi connectivity index (χ4v) is 1.09. The molecular formula is C10H20N2O4. The monoisotopic (exact) mass is 232 g/mol. The van der Waals surface area contributed by atoms with Crippen molar-refractivity contribution in [1.29, 1.82) is 0 Å². The average molecular weight is 232 g/mol. The Morgan fingerprint density at radius 2 is 2.19 bits per heavy atom. The van der Waals surface area contributed by atoms with Crippen LogP contribution in [0.25, 0.3) is 0 Å². The van der Waals surface area contributed by atoms with E-state index in [1.807, 2.05) is 0 Å². The number of amides is 1. The standard InChI is InChI=1S/C10H20N2O4/c1-2-16-10(15)7-12-9(14)5-3-4-8(13)6-11/h8,13H,2-7,11H2,1H3,(H,12,14)/t8-/m1/s1. The molecule has 0 saturated carbocycles. The summed E-state index contributed by atoms with van der Waals surface area (Å²) in [6.45, 7) is 2.10. The number of hydrogen-bond acceptors (Lipinski definition) is 5. The van der Waals surface area contributed by atoms with E-state index in [1.165, 1.54) is 0 Å². The molecule has 0 radical (unpaired) electrons. The zero-order chi connectivity index (χ0) is 12.4. The Morgan fingerprint density at radius 3 is 2.75 bits per heavy atom. The van der Waals surface area contributed by atoms with Crippen LogP contribution in [0.2, 0.25) is 0 Å². The first kappa shape index (κ1) is 14.9. The highest BCUT2D eigenvalue weighted by Crippen LogP contribution is 1.99. The van der Waals surface area contributed by atoms with Crippen LogP contribution in [-0.2, 0) is 14.3 Å². The van der Waals surface area contributed by atoms with Gasteiger partial charge in [0.15, 0.2) is 0 Å². The van der Waals surface area contributed by atoms with Crippen LogP contribution in [0.4, 0.5) is 0 Å². The van der Waals surface area contributed by atoms with Gasteiger partial charge in [-0.05, 0) is 19.8 Å². The maximum Gasteiger partial charge on any atom is 0.325 e. The highest BCUT2D eigenvalue weighted by Gasteiger charge is 2.07. The normalized spacial score (nSPS) is 11.9. The van der Waals surface area contributed by atoms with Crippen LogP contribution in [-0.4, -0.2) is 42.8 Å². The van der Waals surface area contributed by atoms with Crippen LogP contribution < -0.4 is 11.1 Å². The summed E-state index contributed by atoms with van der Waals surface area (Å²) in [7, 11) is 0. The van der Waals surface area contributed by atoms with Gasteiger partial charge in [-0.2, -0.15) is 0 Å². The first-order valence-corrected chi connectivity index (χ1v) is 5.40. The van der Waals surface area contributed by atoms with Crippen LogP contribution in [0.1, 0.15) is 26.2 Å². The van der Waals surface area contributed by atoms with Crippen molar-refractivity contribution in [2.24, 2.45) is 5.73 Å². The lowest BCUT2D eigenvalue weighted by atomic mass is 10.1. The van der Waals surface area contributed by atoms with Crippen molar-refractivity contribution < 1.29 is 19.4 Å². The van der Waals surface area contributed by atoms with Gasteiger partial charge >= 0.3 is 5.97 Å². The van der Waals surface area contributed by atoms with Crippen LogP contribution in [0.3, 0.4) is 0 Å². The fourth-order valence-electron chi connectivity index (χ4n) is 1.09. The molecule has 0 aromatic rings. The SMILES string of the molecule is CCOC(=O)CNC(=O)CCC[C@@H](O)CN. The van der Waals surface area contributed by atoms with Crippen LogP contribution >= 0.6 is 0 Å². The molecule has 6 nitrogen and oxygen atoms in total. The summed E-state index contributed by atoms with van der Waals surface area (Å²) in [5.74, 6) is -0.671. The molecule has 0 aliphatic carbocycles. The molecule has 6 heteroatoms. The molecule has 0 aromatic heterocycles. The first-order valence-electron chi connectivity index (χ1n) is 5.40. The lowest BCUT2D eigenvalue weighted by Crippen LogP contribution is -2.30. The van der Waals surface area contributed by atoms with Gasteiger partial charge in [0.05, 0.1) is 12.7 Å². The van der Waals surface area contributed by atoms with Crippen LogP contribution in [0.5, 0.6) is 0 Å². The zero-order valence-corrected chi connectivity index (χ0v) is 9.57. The van der Waals surface area contributed by atoms with Crippen molar-refractivity contribution in [3.05, 3.63) is 0 Å². The van der Waals surface area contributed by atoms with E-state index in [-0.39, 0.29) is 25.4 Å². The highest BCUT2D eigenvalue weighted by atomic mass is 16.5. The quantitative estimate of drug-likeness (QED) is 0.473. The van der Waals surface area contributed by atoms with E-state index >= 15 is 0 Å². The number of carbonyl (C=O) groups excluding carboxylic acids is 2. The molecule has 1 atom stereocenters. The number of nitrogens with two attached hydrogens (primary N) is 1. The summed E-state index contributed by atoms with van der Waals surface area (Å²) in [5.41, 5.74) is 5.21. The Bertz CT molecular complexity index is 221. The molecule has 0 aliphatic rings. The molecule has 0 spiro atoms. The fraction of sp³-hybridized carbons (Fsp3) is 0.800. The number of ether oxygens (including phenoxy) is 1. The summed E-state index contributed by atoms with van der Waals surface area (Å²) in [6, 6.07) is 0. The lowest BCUT2D eigenvalue weighted by molar-refractivity contribution is -0.143. The molecule has 94 valence electrons. The van der Waals surface area contributed by atoms with E-state index in [0.29, 0.717) is 19.4 Å². The van der Waals surface area contributed by atoms with Crippen molar-refractivity contribution in [3.8, 4) is 0 Å². The van der Waals surface area contributed by atoms with Gasteiger partial charge in [-0.15, -0.1) is 0 Å². The largest absolute Gasteiger partial charge is 0.465 e. The smallest absolute Gasteiger partial charge is 0.325 e. The van der Waals surface area contributed by atoms with Crippen molar-refractivity contribution in [3.63, 3.8) is 0 Å². The summed E-state index contributed by atoms with van der Waals surface area (Å²) < 4.78 is 4.64. The third-order valence-electron chi connectivity index (χ3n) is 1.95. The number of nitrogens with one attached hydrogen (secondary N) is 1. The maximum atomic E-state index is 11.2. The average Bonchev–Trinajstić information content (AvgIpc) is 2.26. The van der Waals surface area contributed by atoms with E-state index in [9.17, 15) is 9.59 Å². The minimum atomic E-state index is -0.558. The molecule has 0 saturated heterocycles. The van der Waals surface area contributed by atoms with Crippen LogP contribution in [0.15, 0.2) is 0 Å². The molecule has 0 bridgehead atoms. The molecule has 16 heavy (non-hydrogen) atoms. The predicted molar refractivity (Wildman–Crippen MR) is 58.6 cm³/mol. The summed E-state index contributed by atoms with van der Waals surface area (Å²) in [5, 5.41) is 11.6.